The van der Waals surface area contributed by atoms with E-state index in [2.05, 4.69) is 23.3 Å². The number of nitrogens with one attached hydrogen (secondary N) is 1. The molecule has 0 aliphatic rings. The maximum atomic E-state index is 8.96. The zero-order chi connectivity index (χ0) is 14.4. The van der Waals surface area contributed by atoms with E-state index in [0.717, 1.165) is 17.0 Å². The van der Waals surface area contributed by atoms with Gasteiger partial charge in [0, 0.05) is 24.3 Å². The SMILES string of the molecule is COc1ccc(C#N)cc1CN[C@@H](C)c1ccccn1. The molecule has 1 atom stereocenters. The first-order valence-corrected chi connectivity index (χ1v) is 6.46. The maximum absolute atomic E-state index is 8.96. The first kappa shape index (κ1) is 14.0. The highest BCUT2D eigenvalue weighted by Gasteiger charge is 2.09. The lowest BCUT2D eigenvalue weighted by molar-refractivity contribution is 0.406. The predicted molar refractivity (Wildman–Crippen MR) is 77.2 cm³/mol. The molecule has 0 fully saturated rings. The van der Waals surface area contributed by atoms with E-state index in [4.69, 9.17) is 10.00 Å². The molecule has 0 bridgehead atoms. The van der Waals surface area contributed by atoms with Crippen molar-refractivity contribution in [1.82, 2.24) is 10.3 Å². The van der Waals surface area contributed by atoms with Crippen molar-refractivity contribution in [2.45, 2.75) is 19.5 Å². The van der Waals surface area contributed by atoms with E-state index in [1.165, 1.54) is 0 Å². The van der Waals surface area contributed by atoms with Gasteiger partial charge in [-0.2, -0.15) is 5.26 Å². The Kier molecular flexibility index (Phi) is 4.70. The first-order valence-electron chi connectivity index (χ1n) is 6.46. The van der Waals surface area contributed by atoms with Crippen molar-refractivity contribution in [3.05, 3.63) is 59.4 Å². The van der Waals surface area contributed by atoms with Crippen molar-refractivity contribution in [3.63, 3.8) is 0 Å². The lowest BCUT2D eigenvalue weighted by atomic mass is 10.1. The monoisotopic (exact) mass is 267 g/mol. The molecule has 0 spiro atoms. The van der Waals surface area contributed by atoms with Crippen LogP contribution in [0.5, 0.6) is 5.75 Å². The third kappa shape index (κ3) is 3.34. The van der Waals surface area contributed by atoms with Crippen LogP contribution in [-0.2, 0) is 6.54 Å². The predicted octanol–water partition coefficient (Wildman–Crippen LogP) is 2.81. The summed E-state index contributed by atoms with van der Waals surface area (Å²) in [5.74, 6) is 0.782. The zero-order valence-electron chi connectivity index (χ0n) is 11.6. The quantitative estimate of drug-likeness (QED) is 0.905. The second-order valence-corrected chi connectivity index (χ2v) is 4.50. The van der Waals surface area contributed by atoms with Crippen LogP contribution in [0.15, 0.2) is 42.6 Å². The molecular formula is C16H17N3O. The molecule has 1 aromatic heterocycles. The molecule has 4 heteroatoms. The summed E-state index contributed by atoms with van der Waals surface area (Å²) in [7, 11) is 1.63. The molecule has 0 saturated heterocycles. The van der Waals surface area contributed by atoms with E-state index in [9.17, 15) is 0 Å². The van der Waals surface area contributed by atoms with E-state index in [0.29, 0.717) is 12.1 Å². The number of pyridine rings is 1. The normalized spacial score (nSPS) is 11.7. The Bertz CT molecular complexity index is 605. The molecule has 0 unspecified atom stereocenters. The Morgan fingerprint density at radius 1 is 1.35 bits per heavy atom. The highest BCUT2D eigenvalue weighted by Crippen LogP contribution is 2.20. The van der Waals surface area contributed by atoms with Gasteiger partial charge in [-0.3, -0.25) is 4.98 Å². The van der Waals surface area contributed by atoms with Gasteiger partial charge in [-0.05, 0) is 37.3 Å². The second-order valence-electron chi connectivity index (χ2n) is 4.50. The van der Waals surface area contributed by atoms with Crippen molar-refractivity contribution in [2.24, 2.45) is 0 Å². The third-order valence-electron chi connectivity index (χ3n) is 3.14. The fourth-order valence-electron chi connectivity index (χ4n) is 1.99. The largest absolute Gasteiger partial charge is 0.496 e. The summed E-state index contributed by atoms with van der Waals surface area (Å²) >= 11 is 0. The molecule has 0 saturated carbocycles. The van der Waals surface area contributed by atoms with Crippen molar-refractivity contribution in [3.8, 4) is 11.8 Å². The Morgan fingerprint density at radius 3 is 2.85 bits per heavy atom. The Morgan fingerprint density at radius 2 is 2.20 bits per heavy atom. The lowest BCUT2D eigenvalue weighted by Gasteiger charge is -2.15. The van der Waals surface area contributed by atoms with Crippen molar-refractivity contribution < 1.29 is 4.74 Å². The van der Waals surface area contributed by atoms with Crippen LogP contribution in [0.1, 0.15) is 29.8 Å². The second kappa shape index (κ2) is 6.69. The van der Waals surface area contributed by atoms with Crippen LogP contribution >= 0.6 is 0 Å². The number of nitrogens with zero attached hydrogens (tertiary/aromatic N) is 2. The Balaban J connectivity index is 2.09. The number of ether oxygens (including phenoxy) is 1. The molecule has 1 N–H and O–H groups in total. The van der Waals surface area contributed by atoms with Gasteiger partial charge in [-0.15, -0.1) is 0 Å². The number of rotatable bonds is 5. The first-order chi connectivity index (χ1) is 9.74. The molecule has 1 heterocycles. The minimum atomic E-state index is 0.131. The van der Waals surface area contributed by atoms with Crippen LogP contribution < -0.4 is 10.1 Å². The molecule has 0 radical (unpaired) electrons. The summed E-state index contributed by atoms with van der Waals surface area (Å²) < 4.78 is 5.32. The van der Waals surface area contributed by atoms with Gasteiger partial charge < -0.3 is 10.1 Å². The minimum absolute atomic E-state index is 0.131. The molecule has 0 aliphatic carbocycles. The molecule has 2 aromatic rings. The van der Waals surface area contributed by atoms with Gasteiger partial charge in [-0.1, -0.05) is 6.07 Å². The third-order valence-corrected chi connectivity index (χ3v) is 3.14. The molecule has 1 aromatic carbocycles. The number of hydrogen-bond donors (Lipinski definition) is 1. The van der Waals surface area contributed by atoms with E-state index in [1.54, 1.807) is 19.4 Å². The van der Waals surface area contributed by atoms with E-state index in [-0.39, 0.29) is 6.04 Å². The van der Waals surface area contributed by atoms with Crippen molar-refractivity contribution in [1.29, 1.82) is 5.26 Å². The van der Waals surface area contributed by atoms with Crippen LogP contribution in [0.2, 0.25) is 0 Å². The standard InChI is InChI=1S/C16H17N3O/c1-12(15-5-3-4-8-18-15)19-11-14-9-13(10-17)6-7-16(14)20-2/h3-9,12,19H,11H2,1-2H3/t12-/m0/s1. The molecule has 2 rings (SSSR count). The average molecular weight is 267 g/mol. The number of nitriles is 1. The summed E-state index contributed by atoms with van der Waals surface area (Å²) in [6, 6.07) is 13.5. The summed E-state index contributed by atoms with van der Waals surface area (Å²) in [5.41, 5.74) is 2.59. The Labute approximate surface area is 119 Å². The van der Waals surface area contributed by atoms with Gasteiger partial charge in [-0.25, -0.2) is 0 Å². The molecule has 0 aliphatic heterocycles. The van der Waals surface area contributed by atoms with Gasteiger partial charge in [0.15, 0.2) is 0 Å². The number of aromatic nitrogens is 1. The minimum Gasteiger partial charge on any atom is -0.496 e. The van der Waals surface area contributed by atoms with Crippen LogP contribution in [0, 0.1) is 11.3 Å². The topological polar surface area (TPSA) is 57.9 Å². The van der Waals surface area contributed by atoms with Gasteiger partial charge in [0.05, 0.1) is 24.4 Å². The van der Waals surface area contributed by atoms with Gasteiger partial charge in [0.1, 0.15) is 5.75 Å². The van der Waals surface area contributed by atoms with Gasteiger partial charge in [0.25, 0.3) is 0 Å². The summed E-state index contributed by atoms with van der Waals surface area (Å²) in [4.78, 5) is 4.32. The fourth-order valence-corrected chi connectivity index (χ4v) is 1.99. The summed E-state index contributed by atoms with van der Waals surface area (Å²) in [6.07, 6.45) is 1.78. The summed E-state index contributed by atoms with van der Waals surface area (Å²) in [6.45, 7) is 2.68. The van der Waals surface area contributed by atoms with Crippen LogP contribution in [-0.4, -0.2) is 12.1 Å². The summed E-state index contributed by atoms with van der Waals surface area (Å²) in [5, 5.41) is 12.3. The molecule has 102 valence electrons. The molecule has 4 nitrogen and oxygen atoms in total. The van der Waals surface area contributed by atoms with Crippen molar-refractivity contribution >= 4 is 0 Å². The average Bonchev–Trinajstić information content (AvgIpc) is 2.53. The Hall–Kier alpha value is -2.38. The molecule has 0 amide bonds. The van der Waals surface area contributed by atoms with E-state index >= 15 is 0 Å². The molecular weight excluding hydrogens is 250 g/mol. The van der Waals surface area contributed by atoms with Gasteiger partial charge in [0.2, 0.25) is 0 Å². The number of benzene rings is 1. The van der Waals surface area contributed by atoms with Crippen LogP contribution in [0.25, 0.3) is 0 Å². The highest BCUT2D eigenvalue weighted by molar-refractivity contribution is 5.42. The van der Waals surface area contributed by atoms with Crippen LogP contribution in [0.4, 0.5) is 0 Å². The van der Waals surface area contributed by atoms with E-state index in [1.807, 2.05) is 30.3 Å². The van der Waals surface area contributed by atoms with Crippen molar-refractivity contribution in [2.75, 3.05) is 7.11 Å². The molecule has 20 heavy (non-hydrogen) atoms. The van der Waals surface area contributed by atoms with Gasteiger partial charge >= 0.3 is 0 Å². The zero-order valence-corrected chi connectivity index (χ0v) is 11.6. The fraction of sp³-hybridized carbons (Fsp3) is 0.250. The van der Waals surface area contributed by atoms with E-state index < -0.39 is 0 Å². The number of methoxy groups -OCH3 is 1. The highest BCUT2D eigenvalue weighted by atomic mass is 16.5. The van der Waals surface area contributed by atoms with Crippen LogP contribution in [0.3, 0.4) is 0 Å². The number of hydrogen-bond acceptors (Lipinski definition) is 4. The lowest BCUT2D eigenvalue weighted by Crippen LogP contribution is -2.19. The smallest absolute Gasteiger partial charge is 0.123 e. The maximum Gasteiger partial charge on any atom is 0.123 e.